The van der Waals surface area contributed by atoms with Gasteiger partial charge in [-0.25, -0.2) is 0 Å². The van der Waals surface area contributed by atoms with Crippen LogP contribution in [0.1, 0.15) is 30.1 Å². The lowest BCUT2D eigenvalue weighted by atomic mass is 10.1. The van der Waals surface area contributed by atoms with Crippen molar-refractivity contribution >= 4 is 5.91 Å². The number of amides is 1. The van der Waals surface area contributed by atoms with E-state index in [1.54, 1.807) is 11.9 Å². The summed E-state index contributed by atoms with van der Waals surface area (Å²) in [5, 5.41) is 0. The average molecular weight is 287 g/mol. The molecule has 0 atom stereocenters. The highest BCUT2D eigenvalue weighted by atomic mass is 19.3. The van der Waals surface area contributed by atoms with Crippen LogP contribution in [-0.4, -0.2) is 38.1 Å². The van der Waals surface area contributed by atoms with Crippen molar-refractivity contribution in [3.63, 3.8) is 0 Å². The third-order valence-electron chi connectivity index (χ3n) is 2.82. The number of hydrogen-bond donors (Lipinski definition) is 0. The molecular formula is C14H19F2NO3. The smallest absolute Gasteiger partial charge is 0.387 e. The Morgan fingerprint density at radius 3 is 2.60 bits per heavy atom. The number of benzene rings is 1. The molecule has 0 aliphatic heterocycles. The van der Waals surface area contributed by atoms with E-state index in [-0.39, 0.29) is 17.4 Å². The third kappa shape index (κ3) is 4.36. The number of alkyl halides is 2. The van der Waals surface area contributed by atoms with Gasteiger partial charge >= 0.3 is 6.61 Å². The number of unbranched alkanes of at least 4 members (excludes halogenated alkanes) is 1. The Labute approximate surface area is 117 Å². The molecular weight excluding hydrogens is 268 g/mol. The van der Waals surface area contributed by atoms with Crippen molar-refractivity contribution in [2.24, 2.45) is 0 Å². The van der Waals surface area contributed by atoms with Crippen LogP contribution >= 0.6 is 0 Å². The molecule has 0 aromatic heterocycles. The summed E-state index contributed by atoms with van der Waals surface area (Å²) in [5.41, 5.74) is 0.377. The Morgan fingerprint density at radius 2 is 2.05 bits per heavy atom. The summed E-state index contributed by atoms with van der Waals surface area (Å²) >= 11 is 0. The highest BCUT2D eigenvalue weighted by Gasteiger charge is 2.16. The van der Waals surface area contributed by atoms with Gasteiger partial charge in [0.05, 0.1) is 7.11 Å². The summed E-state index contributed by atoms with van der Waals surface area (Å²) in [6.07, 6.45) is 1.90. The fourth-order valence-electron chi connectivity index (χ4n) is 1.71. The molecule has 1 amide bonds. The van der Waals surface area contributed by atoms with Gasteiger partial charge in [-0.15, -0.1) is 0 Å². The second-order valence-electron chi connectivity index (χ2n) is 4.32. The minimum atomic E-state index is -2.93. The van der Waals surface area contributed by atoms with Crippen molar-refractivity contribution in [2.45, 2.75) is 26.4 Å². The van der Waals surface area contributed by atoms with Crippen LogP contribution in [0.25, 0.3) is 0 Å². The van der Waals surface area contributed by atoms with Crippen molar-refractivity contribution < 1.29 is 23.0 Å². The molecule has 0 saturated carbocycles. The SMILES string of the molecule is CCCCN(C)C(=O)c1ccc(OC(F)F)c(OC)c1. The summed E-state index contributed by atoms with van der Waals surface area (Å²) < 4.78 is 33.7. The van der Waals surface area contributed by atoms with Crippen LogP contribution in [0.15, 0.2) is 18.2 Å². The number of rotatable bonds is 7. The molecule has 0 spiro atoms. The Morgan fingerprint density at radius 1 is 1.35 bits per heavy atom. The first kappa shape index (κ1) is 16.2. The lowest BCUT2D eigenvalue weighted by Crippen LogP contribution is -2.27. The molecule has 0 fully saturated rings. The Hall–Kier alpha value is -1.85. The van der Waals surface area contributed by atoms with E-state index in [9.17, 15) is 13.6 Å². The van der Waals surface area contributed by atoms with Gasteiger partial charge in [0.15, 0.2) is 11.5 Å². The standard InChI is InChI=1S/C14H19F2NO3/c1-4-5-8-17(2)13(18)10-6-7-11(20-14(15)16)12(9-10)19-3/h6-7,9,14H,4-5,8H2,1-3H3. The van der Waals surface area contributed by atoms with Crippen LogP contribution in [0, 0.1) is 0 Å². The third-order valence-corrected chi connectivity index (χ3v) is 2.82. The molecule has 0 N–H and O–H groups in total. The monoisotopic (exact) mass is 287 g/mol. The topological polar surface area (TPSA) is 38.8 Å². The highest BCUT2D eigenvalue weighted by Crippen LogP contribution is 2.29. The molecule has 6 heteroatoms. The predicted molar refractivity (Wildman–Crippen MR) is 71.5 cm³/mol. The maximum Gasteiger partial charge on any atom is 0.387 e. The van der Waals surface area contributed by atoms with E-state index in [0.717, 1.165) is 12.8 Å². The first-order valence-corrected chi connectivity index (χ1v) is 6.37. The van der Waals surface area contributed by atoms with Crippen LogP contribution < -0.4 is 9.47 Å². The molecule has 20 heavy (non-hydrogen) atoms. The molecule has 112 valence electrons. The van der Waals surface area contributed by atoms with Gasteiger partial charge in [-0.1, -0.05) is 13.3 Å². The van der Waals surface area contributed by atoms with Gasteiger partial charge in [0.25, 0.3) is 5.91 Å². The van der Waals surface area contributed by atoms with Crippen LogP contribution in [0.4, 0.5) is 8.78 Å². The van der Waals surface area contributed by atoms with Crippen molar-refractivity contribution in [1.29, 1.82) is 0 Å². The molecule has 0 unspecified atom stereocenters. The number of carbonyl (C=O) groups excluding carboxylic acids is 1. The summed E-state index contributed by atoms with van der Waals surface area (Å²) in [6.45, 7) is -0.247. The number of nitrogens with zero attached hydrogens (tertiary/aromatic N) is 1. The maximum atomic E-state index is 12.2. The largest absolute Gasteiger partial charge is 0.493 e. The van der Waals surface area contributed by atoms with E-state index < -0.39 is 6.61 Å². The second-order valence-corrected chi connectivity index (χ2v) is 4.32. The molecule has 0 bridgehead atoms. The molecule has 1 rings (SSSR count). The van der Waals surface area contributed by atoms with Gasteiger partial charge in [0.2, 0.25) is 0 Å². The van der Waals surface area contributed by atoms with E-state index >= 15 is 0 Å². The minimum Gasteiger partial charge on any atom is -0.493 e. The lowest BCUT2D eigenvalue weighted by Gasteiger charge is -2.18. The first-order valence-electron chi connectivity index (χ1n) is 6.37. The van der Waals surface area contributed by atoms with Crippen LogP contribution in [0.2, 0.25) is 0 Å². The fraction of sp³-hybridized carbons (Fsp3) is 0.500. The zero-order chi connectivity index (χ0) is 15.1. The Bertz CT molecular complexity index is 452. The number of ether oxygens (including phenoxy) is 2. The average Bonchev–Trinajstić information content (AvgIpc) is 2.43. The number of carbonyl (C=O) groups is 1. The summed E-state index contributed by atoms with van der Waals surface area (Å²) in [6, 6.07) is 4.17. The first-order chi connectivity index (χ1) is 9.49. The minimum absolute atomic E-state index is 0.0877. The molecule has 0 saturated heterocycles. The van der Waals surface area contributed by atoms with Gasteiger partial charge in [-0.2, -0.15) is 8.78 Å². The van der Waals surface area contributed by atoms with Gasteiger partial charge in [0, 0.05) is 19.2 Å². The van der Waals surface area contributed by atoms with Gasteiger partial charge < -0.3 is 14.4 Å². The van der Waals surface area contributed by atoms with Crippen molar-refractivity contribution in [3.05, 3.63) is 23.8 Å². The van der Waals surface area contributed by atoms with E-state index in [4.69, 9.17) is 4.74 Å². The quantitative estimate of drug-likeness (QED) is 0.773. The predicted octanol–water partition coefficient (Wildman–Crippen LogP) is 3.17. The van der Waals surface area contributed by atoms with E-state index in [1.807, 2.05) is 6.92 Å². The second kappa shape index (κ2) is 7.67. The van der Waals surface area contributed by atoms with E-state index in [2.05, 4.69) is 4.74 Å². The Balaban J connectivity index is 2.88. The molecule has 1 aromatic rings. The summed E-state index contributed by atoms with van der Waals surface area (Å²) in [5.74, 6) is -0.157. The van der Waals surface area contributed by atoms with Gasteiger partial charge in [-0.3, -0.25) is 4.79 Å². The van der Waals surface area contributed by atoms with Crippen molar-refractivity contribution in [3.8, 4) is 11.5 Å². The maximum absolute atomic E-state index is 12.2. The zero-order valence-corrected chi connectivity index (χ0v) is 11.9. The van der Waals surface area contributed by atoms with E-state index in [0.29, 0.717) is 12.1 Å². The molecule has 4 nitrogen and oxygen atoms in total. The molecule has 0 aliphatic carbocycles. The summed E-state index contributed by atoms with van der Waals surface area (Å²) in [4.78, 5) is 13.7. The lowest BCUT2D eigenvalue weighted by molar-refractivity contribution is -0.0512. The van der Waals surface area contributed by atoms with Crippen molar-refractivity contribution in [2.75, 3.05) is 20.7 Å². The fourth-order valence-corrected chi connectivity index (χ4v) is 1.71. The number of halogens is 2. The highest BCUT2D eigenvalue weighted by molar-refractivity contribution is 5.94. The molecule has 0 heterocycles. The normalized spacial score (nSPS) is 10.5. The molecule has 0 radical (unpaired) electrons. The molecule has 0 aliphatic rings. The molecule has 1 aromatic carbocycles. The summed E-state index contributed by atoms with van der Waals surface area (Å²) in [7, 11) is 3.04. The Kier molecular flexibility index (Phi) is 6.21. The number of methoxy groups -OCH3 is 1. The van der Waals surface area contributed by atoms with Gasteiger partial charge in [-0.05, 0) is 24.6 Å². The van der Waals surface area contributed by atoms with Crippen LogP contribution in [0.3, 0.4) is 0 Å². The van der Waals surface area contributed by atoms with Crippen molar-refractivity contribution in [1.82, 2.24) is 4.90 Å². The van der Waals surface area contributed by atoms with Crippen LogP contribution in [0.5, 0.6) is 11.5 Å². The zero-order valence-electron chi connectivity index (χ0n) is 11.9. The van der Waals surface area contributed by atoms with E-state index in [1.165, 1.54) is 25.3 Å². The number of hydrogen-bond acceptors (Lipinski definition) is 3. The van der Waals surface area contributed by atoms with Gasteiger partial charge in [0.1, 0.15) is 0 Å². The van der Waals surface area contributed by atoms with Crippen LogP contribution in [-0.2, 0) is 0 Å².